The van der Waals surface area contributed by atoms with Crippen molar-refractivity contribution in [2.75, 3.05) is 0 Å². The molecular formula is C110H62N12S4. The molecule has 0 aliphatic rings. The molecule has 16 heteroatoms. The van der Waals surface area contributed by atoms with Gasteiger partial charge in [0.2, 0.25) is 0 Å². The molecule has 0 bridgehead atoms. The lowest BCUT2D eigenvalue weighted by Crippen LogP contribution is -2.00. The van der Waals surface area contributed by atoms with Crippen molar-refractivity contribution >= 4 is 170 Å². The van der Waals surface area contributed by atoms with E-state index in [4.69, 9.17) is 49.8 Å². The average molecular weight is 1680 g/mol. The molecule has 0 amide bonds. The number of hydrogen-bond donors (Lipinski definition) is 0. The van der Waals surface area contributed by atoms with Gasteiger partial charge in [-0.15, -0.1) is 45.3 Å². The minimum absolute atomic E-state index is 0.582. The van der Waals surface area contributed by atoms with Gasteiger partial charge in [-0.05, 0) is 96.1 Å². The average Bonchev–Trinajstić information content (AvgIpc) is 1.49. The van der Waals surface area contributed by atoms with E-state index in [2.05, 4.69) is 349 Å². The third-order valence-electron chi connectivity index (χ3n) is 24.3. The number of para-hydroxylation sites is 2. The van der Waals surface area contributed by atoms with Gasteiger partial charge in [0.25, 0.3) is 0 Å². The van der Waals surface area contributed by atoms with Crippen molar-refractivity contribution in [3.05, 3.63) is 376 Å². The van der Waals surface area contributed by atoms with Gasteiger partial charge in [-0.2, -0.15) is 0 Å². The van der Waals surface area contributed by atoms with E-state index >= 15 is 0 Å². The van der Waals surface area contributed by atoms with Crippen LogP contribution in [0.15, 0.2) is 376 Å². The summed E-state index contributed by atoms with van der Waals surface area (Å²) in [6.07, 6.45) is 0. The minimum atomic E-state index is 0.582. The first-order valence-electron chi connectivity index (χ1n) is 41.7. The predicted octanol–water partition coefficient (Wildman–Crippen LogP) is 29.6. The minimum Gasteiger partial charge on any atom is -0.309 e. The lowest BCUT2D eigenvalue weighted by atomic mass is 10.0. The van der Waals surface area contributed by atoms with E-state index in [9.17, 15) is 0 Å². The number of fused-ring (bicyclic) bond motifs is 18. The number of benzene rings is 16. The predicted molar refractivity (Wildman–Crippen MR) is 524 cm³/mol. The van der Waals surface area contributed by atoms with Crippen LogP contribution in [-0.2, 0) is 0 Å². The lowest BCUT2D eigenvalue weighted by molar-refractivity contribution is 1.08. The van der Waals surface area contributed by atoms with Gasteiger partial charge in [-0.25, -0.2) is 49.8 Å². The molecule has 16 aromatic carbocycles. The van der Waals surface area contributed by atoms with Crippen LogP contribution in [0.4, 0.5) is 0 Å². The van der Waals surface area contributed by atoms with Gasteiger partial charge in [-0.3, -0.25) is 0 Å². The van der Waals surface area contributed by atoms with E-state index in [0.717, 1.165) is 205 Å². The Balaban J connectivity index is 0.544. The van der Waals surface area contributed by atoms with Crippen LogP contribution in [0.25, 0.3) is 261 Å². The number of rotatable bonds is 13. The Labute approximate surface area is 735 Å². The number of thiophene rings is 4. The quantitative estimate of drug-likeness (QED) is 0.110. The third-order valence-corrected chi connectivity index (χ3v) is 29.0. The molecule has 0 fully saturated rings. The smallest absolute Gasteiger partial charge is 0.164 e. The van der Waals surface area contributed by atoms with Crippen LogP contribution in [0.3, 0.4) is 0 Å². The first kappa shape index (κ1) is 71.9. The fourth-order valence-electron chi connectivity index (χ4n) is 18.5. The van der Waals surface area contributed by atoms with Gasteiger partial charge in [0.1, 0.15) is 0 Å². The summed E-state index contributed by atoms with van der Waals surface area (Å²) in [6.45, 7) is 0. The monoisotopic (exact) mass is 1680 g/mol. The largest absolute Gasteiger partial charge is 0.309 e. The maximum Gasteiger partial charge on any atom is 0.164 e. The molecule has 26 rings (SSSR count). The number of hydrogen-bond acceptors (Lipinski definition) is 14. The lowest BCUT2D eigenvalue weighted by Gasteiger charge is -2.13. The van der Waals surface area contributed by atoms with Crippen LogP contribution in [0.5, 0.6) is 0 Å². The molecule has 26 aromatic rings. The van der Waals surface area contributed by atoms with Crippen LogP contribution in [0, 0.1) is 0 Å². The SMILES string of the molecule is c1ccc(-c2nc(-c3ccc4c(c3)sc3c(-c5nc(-c6ccccc6)c6sc7ccccc7c6n5)cccc34)nc(-c3cccc4c3c3ccccc3n4-c3ccc(-c4cccc(-n5c6ccccc6c6c(-c7nc(-c8ccccc8)nc(-c8ccc9c(c8)sc8cccc(-c%10nc(-c%11ccccc%11)c%11sc%12ccccc%12c%11n%10)c89)n7)cccc65)c4)cc3)n2)cc1. The van der Waals surface area contributed by atoms with E-state index < -0.39 is 0 Å². The second-order valence-electron chi connectivity index (χ2n) is 31.6. The van der Waals surface area contributed by atoms with Crippen LogP contribution in [0.1, 0.15) is 0 Å². The Hall–Kier alpha value is -15.8. The second kappa shape index (κ2) is 28.9. The summed E-state index contributed by atoms with van der Waals surface area (Å²) >= 11 is 7.00. The highest BCUT2D eigenvalue weighted by atomic mass is 32.1. The van der Waals surface area contributed by atoms with Crippen molar-refractivity contribution in [1.82, 2.24) is 59.0 Å². The highest BCUT2D eigenvalue weighted by molar-refractivity contribution is 7.27. The summed E-state index contributed by atoms with van der Waals surface area (Å²) in [4.78, 5) is 54.0. The van der Waals surface area contributed by atoms with Crippen LogP contribution in [0.2, 0.25) is 0 Å². The van der Waals surface area contributed by atoms with Crippen molar-refractivity contribution in [3.8, 4) is 136 Å². The molecule has 0 saturated carbocycles. The normalized spacial score (nSPS) is 12.0. The van der Waals surface area contributed by atoms with Gasteiger partial charge < -0.3 is 9.13 Å². The summed E-state index contributed by atoms with van der Waals surface area (Å²) in [6, 6.07) is 133. The zero-order valence-corrected chi connectivity index (χ0v) is 70.1. The molecule has 0 aliphatic carbocycles. The summed E-state index contributed by atoms with van der Waals surface area (Å²) < 4.78 is 13.8. The molecular weight excluding hydrogens is 1620 g/mol. The molecule has 12 nitrogen and oxygen atoms in total. The van der Waals surface area contributed by atoms with Crippen LogP contribution >= 0.6 is 45.3 Å². The molecule has 0 N–H and O–H groups in total. The van der Waals surface area contributed by atoms with E-state index in [1.54, 1.807) is 45.3 Å². The summed E-state index contributed by atoms with van der Waals surface area (Å²) in [5.41, 5.74) is 21.7. The Morgan fingerprint density at radius 2 is 0.548 bits per heavy atom. The van der Waals surface area contributed by atoms with Crippen molar-refractivity contribution in [1.29, 1.82) is 0 Å². The summed E-state index contributed by atoms with van der Waals surface area (Å²) in [5, 5.41) is 11.1. The van der Waals surface area contributed by atoms with Crippen molar-refractivity contribution in [2.45, 2.75) is 0 Å². The van der Waals surface area contributed by atoms with E-state index in [0.29, 0.717) is 46.6 Å². The Morgan fingerprint density at radius 1 is 0.175 bits per heavy atom. The fraction of sp³-hybridized carbons (Fsp3) is 0. The molecule has 0 unspecified atom stereocenters. The fourth-order valence-corrected chi connectivity index (χ4v) is 23.3. The number of nitrogens with zero attached hydrogens (tertiary/aromatic N) is 12. The number of aromatic nitrogens is 12. The maximum atomic E-state index is 5.49. The summed E-state index contributed by atoms with van der Waals surface area (Å²) in [7, 11) is 0. The van der Waals surface area contributed by atoms with Gasteiger partial charge in [0.05, 0.1) is 53.9 Å². The molecule has 126 heavy (non-hydrogen) atoms. The molecule has 0 saturated heterocycles. The van der Waals surface area contributed by atoms with Gasteiger partial charge in [0, 0.05) is 149 Å². The van der Waals surface area contributed by atoms with Crippen LogP contribution in [-0.4, -0.2) is 59.0 Å². The molecule has 0 aliphatic heterocycles. The first-order valence-corrected chi connectivity index (χ1v) is 45.0. The molecule has 0 atom stereocenters. The van der Waals surface area contributed by atoms with E-state index in [1.807, 2.05) is 36.4 Å². The Bertz CT molecular complexity index is 8990. The maximum absolute atomic E-state index is 5.49. The molecule has 10 heterocycles. The molecule has 586 valence electrons. The highest BCUT2D eigenvalue weighted by Gasteiger charge is 2.27. The van der Waals surface area contributed by atoms with Crippen molar-refractivity contribution in [3.63, 3.8) is 0 Å². The summed E-state index contributed by atoms with van der Waals surface area (Å²) in [5.74, 6) is 4.91. The van der Waals surface area contributed by atoms with E-state index in [-0.39, 0.29) is 0 Å². The van der Waals surface area contributed by atoms with E-state index in [1.165, 1.54) is 9.40 Å². The molecule has 0 radical (unpaired) electrons. The third kappa shape index (κ3) is 11.7. The molecule has 0 spiro atoms. The van der Waals surface area contributed by atoms with Crippen molar-refractivity contribution in [2.24, 2.45) is 0 Å². The second-order valence-corrected chi connectivity index (χ2v) is 35.8. The zero-order chi connectivity index (χ0) is 82.6. The van der Waals surface area contributed by atoms with Gasteiger partial charge >= 0.3 is 0 Å². The Morgan fingerprint density at radius 3 is 1.10 bits per heavy atom. The topological polar surface area (TPSA) is 139 Å². The van der Waals surface area contributed by atoms with Gasteiger partial charge in [0.15, 0.2) is 46.6 Å². The standard InChI is InChI=1S/C110H62N12S4/c1-5-26-64(27-6-1)96-101-98(78-38-15-19-49-88(78)124-101)113-107(111-96)82-43-25-51-90-95(82)77-59-55-70(62-92(77)123-90)106-116-104(67-32-11-4-12-33-67)118-109(120-106)81-42-24-48-87-94(81)76-37-14-18-46-85(76)122(87)72-35-21-34-68(60-72)63-52-56-71(57-53-63)121-84-45-17-13-36-75(84)93-80(41-23-47-86(93)121)108-117-103(66-30-9-3-10-31-66)115-105(119-108)69-54-58-73-74-40-22-44-83(100(74)126-91(73)61-69)110-112-97(65-28-7-2-8-29-65)102-99(114-110)79-39-16-20-50-89(79)125-102/h1-62H. The van der Waals surface area contributed by atoms with Gasteiger partial charge in [-0.1, -0.05) is 291 Å². The zero-order valence-electron chi connectivity index (χ0n) is 66.8. The van der Waals surface area contributed by atoms with Crippen LogP contribution < -0.4 is 0 Å². The highest BCUT2D eigenvalue weighted by Crippen LogP contribution is 2.49. The molecule has 10 aromatic heterocycles. The Kier molecular flexibility index (Phi) is 16.5. The van der Waals surface area contributed by atoms with Crippen molar-refractivity contribution < 1.29 is 0 Å². The first-order chi connectivity index (χ1) is 62.4.